The fourth-order valence-corrected chi connectivity index (χ4v) is 7.20. The first-order valence-electron chi connectivity index (χ1n) is 12.6. The van der Waals surface area contributed by atoms with Crippen LogP contribution >= 0.6 is 0 Å². The highest BCUT2D eigenvalue weighted by atomic mass is 32.2. The maximum Gasteiger partial charge on any atom is 0.311 e. The highest BCUT2D eigenvalue weighted by Crippen LogP contribution is 2.45. The fourth-order valence-electron chi connectivity index (χ4n) is 4.99. The van der Waals surface area contributed by atoms with Crippen LogP contribution in [0.5, 0.6) is 5.75 Å². The lowest BCUT2D eigenvalue weighted by atomic mass is 9.93. The summed E-state index contributed by atoms with van der Waals surface area (Å²) in [6, 6.07) is 6.45. The van der Waals surface area contributed by atoms with E-state index in [9.17, 15) is 43.7 Å². The second-order valence-corrected chi connectivity index (χ2v) is 13.8. The average molecular weight is 613 g/mol. The van der Waals surface area contributed by atoms with Gasteiger partial charge in [-0.25, -0.2) is 0 Å². The molecule has 0 aliphatic rings. The van der Waals surface area contributed by atoms with Crippen LogP contribution in [0.3, 0.4) is 0 Å². The summed E-state index contributed by atoms with van der Waals surface area (Å²) in [4.78, 5) is 10.3. The molecule has 14 heteroatoms. The Balaban J connectivity index is 1.90. The smallest absolute Gasteiger partial charge is 0.311 e. The molecule has 0 spiro atoms. The second-order valence-electron chi connectivity index (χ2n) is 9.59. The van der Waals surface area contributed by atoms with Gasteiger partial charge in [-0.05, 0) is 18.6 Å². The number of rotatable bonds is 12. The van der Waals surface area contributed by atoms with E-state index in [1.807, 2.05) is 0 Å². The van der Waals surface area contributed by atoms with Crippen LogP contribution in [0.1, 0.15) is 58.3 Å². The molecule has 0 heterocycles. The van der Waals surface area contributed by atoms with Crippen molar-refractivity contribution in [1.29, 1.82) is 0 Å². The Kier molecular flexibility index (Phi) is 8.41. The first kappa shape index (κ1) is 30.1. The van der Waals surface area contributed by atoms with Gasteiger partial charge in [0.1, 0.15) is 20.4 Å². The molecule has 0 atom stereocenters. The van der Waals surface area contributed by atoms with E-state index in [-0.39, 0.29) is 44.5 Å². The molecule has 0 amide bonds. The van der Waals surface area contributed by atoms with Gasteiger partial charge in [0.15, 0.2) is 0 Å². The predicted molar refractivity (Wildman–Crippen MR) is 148 cm³/mol. The van der Waals surface area contributed by atoms with E-state index in [4.69, 9.17) is 4.74 Å². The molecule has 0 fully saturated rings. The molecule has 4 rings (SSSR count). The minimum atomic E-state index is -5.03. The third kappa shape index (κ3) is 6.06. The summed E-state index contributed by atoms with van der Waals surface area (Å²) in [6.45, 7) is 2.11. The molecule has 0 saturated carbocycles. The zero-order valence-corrected chi connectivity index (χ0v) is 23.9. The molecule has 0 aliphatic carbocycles. The van der Waals surface area contributed by atoms with E-state index in [2.05, 4.69) is 6.92 Å². The number of hydrogen-bond donors (Lipinski definition) is 3. The summed E-state index contributed by atoms with van der Waals surface area (Å²) in [7, 11) is -15.0. The van der Waals surface area contributed by atoms with E-state index in [0.717, 1.165) is 50.7 Å². The SMILES string of the molecule is CCCCCCCCCC(=O)Oc1cc(S(=O)(=O)O)c2ccc3c(S(=O)(=O)O)cc(S(=O)(=O)O)c4ccc1c2c43. The van der Waals surface area contributed by atoms with Gasteiger partial charge in [-0.2, -0.15) is 25.3 Å². The van der Waals surface area contributed by atoms with Crippen LogP contribution in [-0.4, -0.2) is 44.9 Å². The maximum absolute atomic E-state index is 12.7. The highest BCUT2D eigenvalue weighted by Gasteiger charge is 2.28. The van der Waals surface area contributed by atoms with Crippen LogP contribution in [0.4, 0.5) is 0 Å². The molecule has 0 aliphatic heterocycles. The normalized spacial score (nSPS) is 13.0. The van der Waals surface area contributed by atoms with E-state index in [1.54, 1.807) is 0 Å². The molecule has 11 nitrogen and oxygen atoms in total. The number of esters is 1. The average Bonchev–Trinajstić information content (AvgIpc) is 2.85. The van der Waals surface area contributed by atoms with Crippen LogP contribution in [0.15, 0.2) is 51.1 Å². The van der Waals surface area contributed by atoms with E-state index in [0.29, 0.717) is 12.5 Å². The van der Waals surface area contributed by atoms with Gasteiger partial charge in [0.05, 0.1) is 0 Å². The van der Waals surface area contributed by atoms with E-state index < -0.39 is 51.0 Å². The monoisotopic (exact) mass is 612 g/mol. The molecule has 3 N–H and O–H groups in total. The third-order valence-corrected chi connectivity index (χ3v) is 9.47. The molecule has 40 heavy (non-hydrogen) atoms. The zero-order valence-electron chi connectivity index (χ0n) is 21.5. The van der Waals surface area contributed by atoms with Crippen LogP contribution in [0, 0.1) is 0 Å². The third-order valence-electron chi connectivity index (χ3n) is 6.79. The first-order valence-corrected chi connectivity index (χ1v) is 16.9. The Bertz CT molecular complexity index is 1880. The largest absolute Gasteiger partial charge is 0.426 e. The van der Waals surface area contributed by atoms with Crippen molar-refractivity contribution in [3.63, 3.8) is 0 Å². The molecular weight excluding hydrogens is 584 g/mol. The second kappa shape index (κ2) is 11.2. The fraction of sp³-hybridized carbons (Fsp3) is 0.346. The molecule has 0 saturated heterocycles. The topological polar surface area (TPSA) is 189 Å². The van der Waals surface area contributed by atoms with Crippen molar-refractivity contribution in [3.05, 3.63) is 36.4 Å². The summed E-state index contributed by atoms with van der Waals surface area (Å²) in [6.07, 6.45) is 6.74. The Morgan fingerprint density at radius 2 is 1.02 bits per heavy atom. The summed E-state index contributed by atoms with van der Waals surface area (Å²) < 4.78 is 108. The van der Waals surface area contributed by atoms with Gasteiger partial charge in [0.25, 0.3) is 30.4 Å². The summed E-state index contributed by atoms with van der Waals surface area (Å²) in [5, 5.41) is -0.586. The van der Waals surface area contributed by atoms with Crippen molar-refractivity contribution >= 4 is 68.6 Å². The maximum atomic E-state index is 12.7. The van der Waals surface area contributed by atoms with Crippen molar-refractivity contribution in [1.82, 2.24) is 0 Å². The number of unbranched alkanes of at least 4 members (excludes halogenated alkanes) is 6. The first-order chi connectivity index (χ1) is 18.6. The zero-order chi connectivity index (χ0) is 29.5. The number of benzene rings is 4. The van der Waals surface area contributed by atoms with Crippen molar-refractivity contribution in [2.75, 3.05) is 0 Å². The van der Waals surface area contributed by atoms with Gasteiger partial charge < -0.3 is 4.74 Å². The molecule has 216 valence electrons. The lowest BCUT2D eigenvalue weighted by Crippen LogP contribution is -2.10. The van der Waals surface area contributed by atoms with Gasteiger partial charge >= 0.3 is 5.97 Å². The van der Waals surface area contributed by atoms with Crippen LogP contribution in [0.25, 0.3) is 32.3 Å². The lowest BCUT2D eigenvalue weighted by Gasteiger charge is -2.18. The molecule has 4 aromatic carbocycles. The standard InChI is InChI=1S/C26H28O11S3/c1-2-3-4-5-6-7-8-9-24(27)37-20-14-21(38(28,29)30)17-12-13-19-23(40(34,35)36)15-22(39(31,32)33)18-11-10-16(20)25(17)26(18)19/h10-15H,2-9H2,1H3,(H,28,29,30)(H,31,32,33)(H,34,35,36). The van der Waals surface area contributed by atoms with E-state index >= 15 is 0 Å². The lowest BCUT2D eigenvalue weighted by molar-refractivity contribution is -0.134. The van der Waals surface area contributed by atoms with Gasteiger partial charge in [-0.3, -0.25) is 18.5 Å². The van der Waals surface area contributed by atoms with Crippen LogP contribution in [-0.2, 0) is 35.1 Å². The van der Waals surface area contributed by atoms with E-state index in [1.165, 1.54) is 18.2 Å². The number of carbonyl (C=O) groups is 1. The molecule has 0 unspecified atom stereocenters. The quantitative estimate of drug-likeness (QED) is 0.0613. The summed E-state index contributed by atoms with van der Waals surface area (Å²) in [5.74, 6) is -0.921. The summed E-state index contributed by atoms with van der Waals surface area (Å²) >= 11 is 0. The predicted octanol–water partition coefficient (Wildman–Crippen LogP) is 5.37. The molecular formula is C26H28O11S3. The Hall–Kier alpha value is -2.88. The van der Waals surface area contributed by atoms with Gasteiger partial charge in [-0.1, -0.05) is 63.6 Å². The number of ether oxygens (including phenoxy) is 1. The van der Waals surface area contributed by atoms with Gasteiger partial charge in [0, 0.05) is 44.8 Å². The van der Waals surface area contributed by atoms with Crippen molar-refractivity contribution in [3.8, 4) is 5.75 Å². The van der Waals surface area contributed by atoms with Crippen molar-refractivity contribution < 1.29 is 48.4 Å². The van der Waals surface area contributed by atoms with Crippen LogP contribution < -0.4 is 4.74 Å². The Morgan fingerprint density at radius 1 is 0.625 bits per heavy atom. The number of hydrogen-bond acceptors (Lipinski definition) is 8. The minimum Gasteiger partial charge on any atom is -0.426 e. The molecule has 0 bridgehead atoms. The number of carbonyl (C=O) groups excluding carboxylic acids is 1. The van der Waals surface area contributed by atoms with Crippen molar-refractivity contribution in [2.45, 2.75) is 73.0 Å². The molecule has 0 aromatic heterocycles. The van der Waals surface area contributed by atoms with Crippen molar-refractivity contribution in [2.24, 2.45) is 0 Å². The molecule has 0 radical (unpaired) electrons. The Morgan fingerprint density at radius 3 is 1.50 bits per heavy atom. The highest BCUT2D eigenvalue weighted by molar-refractivity contribution is 7.87. The Labute approximate surface area is 231 Å². The minimum absolute atomic E-state index is 0.0385. The summed E-state index contributed by atoms with van der Waals surface area (Å²) in [5.41, 5.74) is 0. The van der Waals surface area contributed by atoms with Crippen LogP contribution in [0.2, 0.25) is 0 Å². The van der Waals surface area contributed by atoms with Gasteiger partial charge in [0.2, 0.25) is 0 Å². The van der Waals surface area contributed by atoms with Gasteiger partial charge in [-0.15, -0.1) is 0 Å². The molecule has 4 aromatic rings.